The van der Waals surface area contributed by atoms with E-state index in [0.717, 1.165) is 36.4 Å². The number of hydrogen-bond acceptors (Lipinski definition) is 6. The zero-order chi connectivity index (χ0) is 24.1. The summed E-state index contributed by atoms with van der Waals surface area (Å²) < 4.78 is 10.9. The number of likely N-dealkylation sites (tertiary alicyclic amines) is 1. The molecule has 1 fully saturated rings. The van der Waals surface area contributed by atoms with E-state index in [4.69, 9.17) is 9.47 Å². The van der Waals surface area contributed by atoms with Gasteiger partial charge in [0, 0.05) is 36.9 Å². The molecule has 0 radical (unpaired) electrons. The number of para-hydroxylation sites is 1. The van der Waals surface area contributed by atoms with Crippen LogP contribution in [0.25, 0.3) is 11.1 Å². The van der Waals surface area contributed by atoms with Gasteiger partial charge in [0.2, 0.25) is 0 Å². The highest BCUT2D eigenvalue weighted by Gasteiger charge is 2.31. The number of hydrogen-bond donors (Lipinski definition) is 1. The average molecular weight is 460 g/mol. The minimum Gasteiger partial charge on any atom is -0.496 e. The number of methoxy groups -OCH3 is 1. The Morgan fingerprint density at radius 1 is 1.12 bits per heavy atom. The van der Waals surface area contributed by atoms with Crippen LogP contribution in [0, 0.1) is 0 Å². The largest absolute Gasteiger partial charge is 0.496 e. The van der Waals surface area contributed by atoms with Gasteiger partial charge in [-0.25, -0.2) is 9.78 Å². The Morgan fingerprint density at radius 2 is 1.88 bits per heavy atom. The van der Waals surface area contributed by atoms with E-state index in [1.54, 1.807) is 25.4 Å². The summed E-state index contributed by atoms with van der Waals surface area (Å²) in [5.41, 5.74) is 3.99. The number of esters is 1. The number of nitrogens with zero attached hydrogens (tertiary/aromatic N) is 2. The maximum atomic E-state index is 12.5. The third kappa shape index (κ3) is 5.39. The fraction of sp³-hybridized carbons (Fsp3) is 0.357. The lowest BCUT2D eigenvalue weighted by Gasteiger charge is -2.26. The fourth-order valence-corrected chi connectivity index (χ4v) is 4.47. The molecule has 1 aromatic heterocycles. The van der Waals surface area contributed by atoms with Gasteiger partial charge in [0.1, 0.15) is 17.1 Å². The lowest BCUT2D eigenvalue weighted by atomic mass is 10.0. The van der Waals surface area contributed by atoms with Crippen molar-refractivity contribution in [1.82, 2.24) is 9.88 Å². The number of anilines is 1. The Kier molecular flexibility index (Phi) is 7.48. The fourth-order valence-electron chi connectivity index (χ4n) is 4.47. The standard InChI is InChI=1S/C28H33N3O3/c1-19(2)34-28(32)24-9-7-16-29-27(24)30-25-15-17-31(20(25)3)18-21-11-13-22(14-12-21)23-8-5-6-10-26(23)33-4/h5-14,16,19-20,25H,15,17-18H2,1-4H3,(H,29,30)/t20?,25-/m1/s1. The molecule has 0 amide bonds. The molecule has 4 rings (SSSR count). The molecular formula is C28H33N3O3. The number of pyridine rings is 1. The normalized spacial score (nSPS) is 18.1. The van der Waals surface area contributed by atoms with Gasteiger partial charge in [-0.05, 0) is 56.5 Å². The van der Waals surface area contributed by atoms with Crippen LogP contribution in [0.3, 0.4) is 0 Å². The first kappa shape index (κ1) is 23.8. The molecule has 0 spiro atoms. The smallest absolute Gasteiger partial charge is 0.342 e. The van der Waals surface area contributed by atoms with E-state index in [2.05, 4.69) is 52.5 Å². The maximum absolute atomic E-state index is 12.5. The van der Waals surface area contributed by atoms with Gasteiger partial charge in [0.15, 0.2) is 0 Å². The molecule has 6 nitrogen and oxygen atoms in total. The third-order valence-electron chi connectivity index (χ3n) is 6.34. The number of carbonyl (C=O) groups excluding carboxylic acids is 1. The summed E-state index contributed by atoms with van der Waals surface area (Å²) in [6.07, 6.45) is 2.51. The van der Waals surface area contributed by atoms with Gasteiger partial charge in [0.05, 0.1) is 13.2 Å². The minimum atomic E-state index is -0.344. The predicted molar refractivity (Wildman–Crippen MR) is 135 cm³/mol. The van der Waals surface area contributed by atoms with Crippen molar-refractivity contribution in [2.24, 2.45) is 0 Å². The molecule has 178 valence electrons. The molecular weight excluding hydrogens is 426 g/mol. The molecule has 0 aliphatic carbocycles. The van der Waals surface area contributed by atoms with Crippen LogP contribution in [0.5, 0.6) is 5.75 Å². The Morgan fingerprint density at radius 3 is 2.62 bits per heavy atom. The molecule has 3 aromatic rings. The number of ether oxygens (including phenoxy) is 2. The number of aromatic nitrogens is 1. The van der Waals surface area contributed by atoms with Crippen molar-refractivity contribution in [3.8, 4) is 16.9 Å². The van der Waals surface area contributed by atoms with Gasteiger partial charge in [-0.3, -0.25) is 4.90 Å². The highest BCUT2D eigenvalue weighted by atomic mass is 16.5. The molecule has 2 aromatic carbocycles. The van der Waals surface area contributed by atoms with Gasteiger partial charge in [-0.1, -0.05) is 42.5 Å². The summed E-state index contributed by atoms with van der Waals surface area (Å²) in [4.78, 5) is 19.4. The van der Waals surface area contributed by atoms with Crippen molar-refractivity contribution in [2.45, 2.75) is 51.9 Å². The van der Waals surface area contributed by atoms with E-state index >= 15 is 0 Å². The van der Waals surface area contributed by atoms with Gasteiger partial charge >= 0.3 is 5.97 Å². The average Bonchev–Trinajstić information content (AvgIpc) is 3.18. The molecule has 1 aliphatic heterocycles. The number of nitrogens with one attached hydrogen (secondary N) is 1. The van der Waals surface area contributed by atoms with E-state index in [9.17, 15) is 4.79 Å². The second-order valence-corrected chi connectivity index (χ2v) is 9.00. The van der Waals surface area contributed by atoms with Crippen LogP contribution >= 0.6 is 0 Å². The Balaban J connectivity index is 1.41. The van der Waals surface area contributed by atoms with Gasteiger partial charge in [0.25, 0.3) is 0 Å². The highest BCUT2D eigenvalue weighted by Crippen LogP contribution is 2.30. The molecule has 1 N–H and O–H groups in total. The van der Waals surface area contributed by atoms with Crippen LogP contribution in [0.1, 0.15) is 43.1 Å². The monoisotopic (exact) mass is 459 g/mol. The topological polar surface area (TPSA) is 63.7 Å². The first-order chi connectivity index (χ1) is 16.5. The first-order valence-corrected chi connectivity index (χ1v) is 11.8. The molecule has 2 atom stereocenters. The van der Waals surface area contributed by atoms with Crippen LogP contribution in [0.4, 0.5) is 5.82 Å². The number of benzene rings is 2. The van der Waals surface area contributed by atoms with Crippen LogP contribution < -0.4 is 10.1 Å². The van der Waals surface area contributed by atoms with Crippen LogP contribution in [0.2, 0.25) is 0 Å². The van der Waals surface area contributed by atoms with E-state index in [1.165, 1.54) is 5.56 Å². The Labute approximate surface area is 201 Å². The second-order valence-electron chi connectivity index (χ2n) is 9.00. The summed E-state index contributed by atoms with van der Waals surface area (Å²) in [7, 11) is 1.70. The first-order valence-electron chi connectivity index (χ1n) is 11.8. The Bertz CT molecular complexity index is 1110. The molecule has 34 heavy (non-hydrogen) atoms. The zero-order valence-electron chi connectivity index (χ0n) is 20.3. The van der Waals surface area contributed by atoms with Crippen molar-refractivity contribution >= 4 is 11.8 Å². The molecule has 2 heterocycles. The third-order valence-corrected chi connectivity index (χ3v) is 6.34. The predicted octanol–water partition coefficient (Wildman–Crippen LogP) is 5.40. The number of carbonyl (C=O) groups is 1. The van der Waals surface area contributed by atoms with Gasteiger partial charge in [-0.2, -0.15) is 0 Å². The van der Waals surface area contributed by atoms with E-state index in [0.29, 0.717) is 17.4 Å². The summed E-state index contributed by atoms with van der Waals surface area (Å²) in [6.45, 7) is 7.77. The van der Waals surface area contributed by atoms with Crippen LogP contribution in [-0.4, -0.2) is 47.7 Å². The lowest BCUT2D eigenvalue weighted by Crippen LogP contribution is -2.36. The minimum absolute atomic E-state index is 0.171. The molecule has 1 aliphatic rings. The van der Waals surface area contributed by atoms with Crippen molar-refractivity contribution in [3.05, 3.63) is 78.0 Å². The summed E-state index contributed by atoms with van der Waals surface area (Å²) in [5.74, 6) is 1.12. The summed E-state index contributed by atoms with van der Waals surface area (Å²) in [6, 6.07) is 20.8. The molecule has 6 heteroatoms. The lowest BCUT2D eigenvalue weighted by molar-refractivity contribution is 0.0378. The maximum Gasteiger partial charge on any atom is 0.342 e. The van der Waals surface area contributed by atoms with Crippen molar-refractivity contribution < 1.29 is 14.3 Å². The molecule has 0 saturated carbocycles. The van der Waals surface area contributed by atoms with E-state index in [-0.39, 0.29) is 18.1 Å². The van der Waals surface area contributed by atoms with E-state index in [1.807, 2.05) is 32.0 Å². The Hall–Kier alpha value is -3.38. The molecule has 1 saturated heterocycles. The zero-order valence-corrected chi connectivity index (χ0v) is 20.3. The van der Waals surface area contributed by atoms with Crippen LogP contribution in [0.15, 0.2) is 66.9 Å². The number of rotatable bonds is 8. The highest BCUT2D eigenvalue weighted by molar-refractivity contribution is 5.94. The quantitative estimate of drug-likeness (QED) is 0.455. The SMILES string of the molecule is COc1ccccc1-c1ccc(CN2CC[C@@H](Nc3ncccc3C(=O)OC(C)C)C2C)cc1. The van der Waals surface area contributed by atoms with Gasteiger partial charge in [-0.15, -0.1) is 0 Å². The molecule has 0 bridgehead atoms. The van der Waals surface area contributed by atoms with E-state index < -0.39 is 0 Å². The second kappa shape index (κ2) is 10.7. The van der Waals surface area contributed by atoms with Crippen molar-refractivity contribution in [2.75, 3.05) is 19.0 Å². The summed E-state index contributed by atoms with van der Waals surface area (Å²) in [5, 5.41) is 3.50. The summed E-state index contributed by atoms with van der Waals surface area (Å²) >= 11 is 0. The molecule has 1 unspecified atom stereocenters. The van der Waals surface area contributed by atoms with Crippen molar-refractivity contribution in [3.63, 3.8) is 0 Å². The van der Waals surface area contributed by atoms with Crippen LogP contribution in [-0.2, 0) is 11.3 Å². The van der Waals surface area contributed by atoms with Gasteiger partial charge < -0.3 is 14.8 Å². The van der Waals surface area contributed by atoms with Crippen molar-refractivity contribution in [1.29, 1.82) is 0 Å².